The third kappa shape index (κ3) is 3.94. The summed E-state index contributed by atoms with van der Waals surface area (Å²) < 4.78 is 13.3. The van der Waals surface area contributed by atoms with Crippen molar-refractivity contribution in [2.45, 2.75) is 13.1 Å². The molecular formula is C15H16ClFN2. The second-order valence-electron chi connectivity index (χ2n) is 4.67. The standard InChI is InChI=1S/C15H16ClFN2/c1-19(9-11-3-2-4-13(18)7-11)10-12-5-6-14(16)15(17)8-12/h2-8H,9-10,18H2,1H3. The van der Waals surface area contributed by atoms with Crippen LogP contribution in [0.3, 0.4) is 0 Å². The molecule has 0 unspecified atom stereocenters. The van der Waals surface area contributed by atoms with Crippen LogP contribution in [-0.2, 0) is 13.1 Å². The number of hydrogen-bond acceptors (Lipinski definition) is 2. The minimum absolute atomic E-state index is 0.155. The molecule has 0 saturated carbocycles. The van der Waals surface area contributed by atoms with Gasteiger partial charge >= 0.3 is 0 Å². The molecule has 2 N–H and O–H groups in total. The van der Waals surface area contributed by atoms with Crippen LogP contribution in [-0.4, -0.2) is 11.9 Å². The van der Waals surface area contributed by atoms with Crippen LogP contribution in [0.15, 0.2) is 42.5 Å². The first-order valence-electron chi connectivity index (χ1n) is 6.01. The largest absolute Gasteiger partial charge is 0.399 e. The molecule has 0 atom stereocenters. The third-order valence-corrected chi connectivity index (χ3v) is 3.15. The third-order valence-electron chi connectivity index (χ3n) is 2.84. The first-order valence-corrected chi connectivity index (χ1v) is 6.39. The first kappa shape index (κ1) is 13.8. The summed E-state index contributed by atoms with van der Waals surface area (Å²) in [5.74, 6) is -0.378. The molecule has 0 heterocycles. The summed E-state index contributed by atoms with van der Waals surface area (Å²) in [5.41, 5.74) is 8.53. The summed E-state index contributed by atoms with van der Waals surface area (Å²) in [6.45, 7) is 1.41. The zero-order valence-electron chi connectivity index (χ0n) is 10.7. The molecule has 2 aromatic rings. The van der Waals surface area contributed by atoms with E-state index in [0.29, 0.717) is 6.54 Å². The number of halogens is 2. The van der Waals surface area contributed by atoms with Gasteiger partial charge in [0, 0.05) is 18.8 Å². The van der Waals surface area contributed by atoms with Crippen LogP contribution in [0.1, 0.15) is 11.1 Å². The molecule has 0 amide bonds. The number of nitrogens with two attached hydrogens (primary N) is 1. The minimum Gasteiger partial charge on any atom is -0.399 e. The van der Waals surface area contributed by atoms with E-state index in [2.05, 4.69) is 4.90 Å². The average molecular weight is 279 g/mol. The van der Waals surface area contributed by atoms with Crippen molar-refractivity contribution < 1.29 is 4.39 Å². The Morgan fingerprint density at radius 1 is 1.11 bits per heavy atom. The van der Waals surface area contributed by atoms with Crippen molar-refractivity contribution >= 4 is 17.3 Å². The minimum atomic E-state index is -0.378. The summed E-state index contributed by atoms with van der Waals surface area (Å²) >= 11 is 5.66. The Labute approximate surface area is 117 Å². The van der Waals surface area contributed by atoms with Gasteiger partial charge in [-0.1, -0.05) is 29.8 Å². The molecule has 4 heteroatoms. The van der Waals surface area contributed by atoms with E-state index in [9.17, 15) is 4.39 Å². The molecule has 0 aliphatic rings. The molecule has 0 saturated heterocycles. The van der Waals surface area contributed by atoms with Crippen molar-refractivity contribution in [3.05, 3.63) is 64.4 Å². The monoisotopic (exact) mass is 278 g/mol. The van der Waals surface area contributed by atoms with Gasteiger partial charge in [-0.25, -0.2) is 4.39 Å². The molecule has 19 heavy (non-hydrogen) atoms. The van der Waals surface area contributed by atoms with Crippen molar-refractivity contribution in [1.29, 1.82) is 0 Å². The van der Waals surface area contributed by atoms with Crippen molar-refractivity contribution in [2.75, 3.05) is 12.8 Å². The van der Waals surface area contributed by atoms with Crippen molar-refractivity contribution in [3.8, 4) is 0 Å². The Kier molecular flexibility index (Phi) is 4.40. The van der Waals surface area contributed by atoms with Crippen LogP contribution in [0.25, 0.3) is 0 Å². The molecule has 0 aliphatic carbocycles. The molecule has 2 aromatic carbocycles. The summed E-state index contributed by atoms with van der Waals surface area (Å²) in [7, 11) is 1.98. The van der Waals surface area contributed by atoms with Gasteiger partial charge in [0.05, 0.1) is 5.02 Å². The SMILES string of the molecule is CN(Cc1cccc(N)c1)Cc1ccc(Cl)c(F)c1. The van der Waals surface area contributed by atoms with Crippen LogP contribution in [0.4, 0.5) is 10.1 Å². The number of nitrogens with zero attached hydrogens (tertiary/aromatic N) is 1. The van der Waals surface area contributed by atoms with Gasteiger partial charge in [-0.15, -0.1) is 0 Å². The number of rotatable bonds is 4. The van der Waals surface area contributed by atoms with Gasteiger partial charge in [-0.05, 0) is 42.4 Å². The summed E-state index contributed by atoms with van der Waals surface area (Å²) in [6, 6.07) is 12.6. The second kappa shape index (κ2) is 6.04. The van der Waals surface area contributed by atoms with Gasteiger partial charge in [0.15, 0.2) is 0 Å². The highest BCUT2D eigenvalue weighted by atomic mass is 35.5. The van der Waals surface area contributed by atoms with Crippen LogP contribution >= 0.6 is 11.6 Å². The highest BCUT2D eigenvalue weighted by Gasteiger charge is 2.05. The summed E-state index contributed by atoms with van der Waals surface area (Å²) in [6.07, 6.45) is 0. The van der Waals surface area contributed by atoms with E-state index < -0.39 is 0 Å². The van der Waals surface area contributed by atoms with Crippen LogP contribution in [0.2, 0.25) is 5.02 Å². The lowest BCUT2D eigenvalue weighted by Crippen LogP contribution is -2.17. The van der Waals surface area contributed by atoms with Crippen LogP contribution in [0.5, 0.6) is 0 Å². The number of anilines is 1. The molecule has 0 radical (unpaired) electrons. The van der Waals surface area contributed by atoms with Gasteiger partial charge in [0.25, 0.3) is 0 Å². The van der Waals surface area contributed by atoms with Gasteiger partial charge in [-0.3, -0.25) is 4.90 Å². The quantitative estimate of drug-likeness (QED) is 0.864. The molecule has 0 spiro atoms. The van der Waals surface area contributed by atoms with Crippen molar-refractivity contribution in [2.24, 2.45) is 0 Å². The lowest BCUT2D eigenvalue weighted by molar-refractivity contribution is 0.318. The Hall–Kier alpha value is -1.58. The fourth-order valence-corrected chi connectivity index (χ4v) is 2.13. The molecule has 0 bridgehead atoms. The molecule has 0 fully saturated rings. The summed E-state index contributed by atoms with van der Waals surface area (Å²) in [5, 5.41) is 0.155. The molecule has 0 aliphatic heterocycles. The average Bonchev–Trinajstić information content (AvgIpc) is 2.34. The fourth-order valence-electron chi connectivity index (χ4n) is 2.01. The van der Waals surface area contributed by atoms with Crippen molar-refractivity contribution in [1.82, 2.24) is 4.90 Å². The van der Waals surface area contributed by atoms with Gasteiger partial charge < -0.3 is 5.73 Å². The molecule has 2 nitrogen and oxygen atoms in total. The Morgan fingerprint density at radius 3 is 2.42 bits per heavy atom. The van der Waals surface area contributed by atoms with E-state index >= 15 is 0 Å². The zero-order valence-corrected chi connectivity index (χ0v) is 11.5. The van der Waals surface area contributed by atoms with E-state index in [0.717, 1.165) is 23.4 Å². The van der Waals surface area contributed by atoms with Crippen LogP contribution < -0.4 is 5.73 Å². The van der Waals surface area contributed by atoms with Gasteiger partial charge in [0.2, 0.25) is 0 Å². The first-order chi connectivity index (χ1) is 9.04. The molecule has 2 rings (SSSR count). The lowest BCUT2D eigenvalue weighted by Gasteiger charge is -2.17. The lowest BCUT2D eigenvalue weighted by atomic mass is 10.1. The summed E-state index contributed by atoms with van der Waals surface area (Å²) in [4.78, 5) is 2.09. The topological polar surface area (TPSA) is 29.3 Å². The highest BCUT2D eigenvalue weighted by Crippen LogP contribution is 2.17. The van der Waals surface area contributed by atoms with Gasteiger partial charge in [0.1, 0.15) is 5.82 Å². The Morgan fingerprint density at radius 2 is 1.79 bits per heavy atom. The van der Waals surface area contributed by atoms with E-state index in [1.165, 1.54) is 6.07 Å². The number of nitrogen functional groups attached to an aromatic ring is 1. The van der Waals surface area contributed by atoms with E-state index in [-0.39, 0.29) is 10.8 Å². The zero-order chi connectivity index (χ0) is 13.8. The maximum absolute atomic E-state index is 13.3. The number of hydrogen-bond donors (Lipinski definition) is 1. The fraction of sp³-hybridized carbons (Fsp3) is 0.200. The highest BCUT2D eigenvalue weighted by molar-refractivity contribution is 6.30. The predicted octanol–water partition coefficient (Wildman–Crippen LogP) is 3.69. The Balaban J connectivity index is 2.01. The molecular weight excluding hydrogens is 263 g/mol. The van der Waals surface area contributed by atoms with Crippen LogP contribution in [0, 0.1) is 5.82 Å². The van der Waals surface area contributed by atoms with E-state index in [1.807, 2.05) is 37.4 Å². The maximum atomic E-state index is 13.3. The normalized spacial score (nSPS) is 10.9. The Bertz CT molecular complexity index is 572. The van der Waals surface area contributed by atoms with E-state index in [4.69, 9.17) is 17.3 Å². The molecule has 100 valence electrons. The van der Waals surface area contributed by atoms with Crippen molar-refractivity contribution in [3.63, 3.8) is 0 Å². The predicted molar refractivity (Wildman–Crippen MR) is 77.4 cm³/mol. The smallest absolute Gasteiger partial charge is 0.142 e. The number of benzene rings is 2. The van der Waals surface area contributed by atoms with Gasteiger partial charge in [-0.2, -0.15) is 0 Å². The second-order valence-corrected chi connectivity index (χ2v) is 5.07. The maximum Gasteiger partial charge on any atom is 0.142 e. The van der Waals surface area contributed by atoms with E-state index in [1.54, 1.807) is 6.07 Å². The molecule has 0 aromatic heterocycles.